The average molecular weight is 513 g/mol. The summed E-state index contributed by atoms with van der Waals surface area (Å²) in [5, 5.41) is 11.3. The number of ketones is 1. The molecule has 1 unspecified atom stereocenters. The van der Waals surface area contributed by atoms with Gasteiger partial charge in [0.25, 0.3) is 10.0 Å². The molecule has 0 spiro atoms. The van der Waals surface area contributed by atoms with Crippen molar-refractivity contribution in [1.29, 1.82) is 0 Å². The van der Waals surface area contributed by atoms with E-state index in [2.05, 4.69) is 15.0 Å². The van der Waals surface area contributed by atoms with E-state index in [0.29, 0.717) is 19.3 Å². The topological polar surface area (TPSA) is 177 Å². The lowest BCUT2D eigenvalue weighted by Gasteiger charge is -2.23. The van der Waals surface area contributed by atoms with Crippen molar-refractivity contribution >= 4 is 33.8 Å². The summed E-state index contributed by atoms with van der Waals surface area (Å²) in [5.41, 5.74) is 5.88. The average Bonchev–Trinajstić information content (AvgIpc) is 2.71. The number of benzene rings is 1. The van der Waals surface area contributed by atoms with Gasteiger partial charge < -0.3 is 20.9 Å². The zero-order valence-corrected chi connectivity index (χ0v) is 21.5. The van der Waals surface area contributed by atoms with Gasteiger partial charge in [0.2, 0.25) is 5.96 Å². The van der Waals surface area contributed by atoms with E-state index in [0.717, 1.165) is 5.56 Å². The lowest BCUT2D eigenvalue weighted by atomic mass is 10.0. The van der Waals surface area contributed by atoms with E-state index < -0.39 is 33.7 Å². The van der Waals surface area contributed by atoms with Gasteiger partial charge in [0.1, 0.15) is 5.60 Å². The Kier molecular flexibility index (Phi) is 11.7. The van der Waals surface area contributed by atoms with E-state index in [1.807, 2.05) is 6.92 Å². The van der Waals surface area contributed by atoms with Gasteiger partial charge in [0.15, 0.2) is 5.78 Å². The first-order chi connectivity index (χ1) is 16.2. The highest BCUT2D eigenvalue weighted by atomic mass is 32.2. The van der Waals surface area contributed by atoms with Gasteiger partial charge in [-0.3, -0.25) is 14.6 Å². The van der Waals surface area contributed by atoms with Crippen LogP contribution in [0.3, 0.4) is 0 Å². The summed E-state index contributed by atoms with van der Waals surface area (Å²) in [6, 6.07) is 5.40. The monoisotopic (exact) mass is 512 g/mol. The van der Waals surface area contributed by atoms with Crippen molar-refractivity contribution in [2.45, 2.75) is 82.8 Å². The third kappa shape index (κ3) is 12.8. The van der Waals surface area contributed by atoms with Gasteiger partial charge in [-0.05, 0) is 65.5 Å². The van der Waals surface area contributed by atoms with Crippen LogP contribution in [0.2, 0.25) is 0 Å². The zero-order valence-electron chi connectivity index (χ0n) is 20.7. The maximum atomic E-state index is 12.6. The van der Waals surface area contributed by atoms with Crippen molar-refractivity contribution in [2.24, 2.45) is 10.7 Å². The molecule has 1 aromatic rings. The Labute approximate surface area is 206 Å². The van der Waals surface area contributed by atoms with E-state index in [9.17, 15) is 22.8 Å². The number of unbranched alkanes of at least 4 members (excludes halogenated alkanes) is 1. The fourth-order valence-corrected chi connectivity index (χ4v) is 3.91. The highest BCUT2D eigenvalue weighted by molar-refractivity contribution is 7.90. The quantitative estimate of drug-likeness (QED) is 0.177. The second-order valence-corrected chi connectivity index (χ2v) is 10.8. The standard InChI is InChI=1S/C23H36N4O7S/c1-16-11-13-17(14-12-16)35(32,33)27-21(24)25-15-7-8-18(26-22(31)34-23(2,3)4)19(28)9-5-6-10-20(29)30/h11-14,18H,5-10,15H2,1-4H3,(H,26,31)(H,29,30)(H3,24,25,27). The number of rotatable bonds is 13. The number of ether oxygens (including phenoxy) is 1. The maximum absolute atomic E-state index is 12.6. The molecule has 0 heterocycles. The van der Waals surface area contributed by atoms with Crippen molar-refractivity contribution in [3.8, 4) is 0 Å². The zero-order chi connectivity index (χ0) is 26.6. The van der Waals surface area contributed by atoms with Crippen LogP contribution in [0.15, 0.2) is 34.2 Å². The van der Waals surface area contributed by atoms with Gasteiger partial charge in [-0.2, -0.15) is 0 Å². The van der Waals surface area contributed by atoms with Crippen LogP contribution in [0.4, 0.5) is 4.79 Å². The number of nitrogens with zero attached hydrogens (tertiary/aromatic N) is 1. The highest BCUT2D eigenvalue weighted by Crippen LogP contribution is 2.12. The molecular weight excluding hydrogens is 476 g/mol. The predicted octanol–water partition coefficient (Wildman–Crippen LogP) is 2.48. The lowest BCUT2D eigenvalue weighted by Crippen LogP contribution is -2.43. The van der Waals surface area contributed by atoms with E-state index in [-0.39, 0.29) is 42.4 Å². The molecule has 0 fully saturated rings. The van der Waals surface area contributed by atoms with Crippen LogP contribution in [-0.2, 0) is 24.3 Å². The molecule has 0 saturated carbocycles. The van der Waals surface area contributed by atoms with Gasteiger partial charge >= 0.3 is 12.1 Å². The third-order valence-corrected chi connectivity index (χ3v) is 6.02. The van der Waals surface area contributed by atoms with Gasteiger partial charge in [0, 0.05) is 19.4 Å². The number of aryl methyl sites for hydroxylation is 1. The fourth-order valence-electron chi connectivity index (χ4n) is 2.95. The van der Waals surface area contributed by atoms with E-state index in [4.69, 9.17) is 15.6 Å². The first-order valence-electron chi connectivity index (χ1n) is 11.3. The molecule has 0 aromatic heterocycles. The van der Waals surface area contributed by atoms with Crippen molar-refractivity contribution in [3.05, 3.63) is 29.8 Å². The summed E-state index contributed by atoms with van der Waals surface area (Å²) in [5.74, 6) is -1.48. The Hall–Kier alpha value is -3.15. The molecule has 11 nitrogen and oxygen atoms in total. The number of sulfonamides is 1. The molecule has 0 bridgehead atoms. The Balaban J connectivity index is 2.68. The Morgan fingerprint density at radius 2 is 1.69 bits per heavy atom. The molecule has 1 aromatic carbocycles. The van der Waals surface area contributed by atoms with E-state index >= 15 is 0 Å². The molecule has 1 atom stereocenters. The summed E-state index contributed by atoms with van der Waals surface area (Å²) >= 11 is 0. The largest absolute Gasteiger partial charge is 0.481 e. The number of Topliss-reactive ketones (excluding diaryl/α,β-unsaturated/α-hetero) is 1. The number of carboxylic acids is 1. The second kappa shape index (κ2) is 13.7. The fraction of sp³-hybridized carbons (Fsp3) is 0.565. The van der Waals surface area contributed by atoms with Gasteiger partial charge in [-0.1, -0.05) is 17.7 Å². The minimum absolute atomic E-state index is 0.0378. The second-order valence-electron chi connectivity index (χ2n) is 9.09. The van der Waals surface area contributed by atoms with Crippen molar-refractivity contribution in [2.75, 3.05) is 6.54 Å². The number of alkyl carbamates (subject to hydrolysis) is 1. The minimum atomic E-state index is -3.87. The predicted molar refractivity (Wildman–Crippen MR) is 131 cm³/mol. The number of guanidine groups is 1. The van der Waals surface area contributed by atoms with Gasteiger partial charge in [-0.25, -0.2) is 17.9 Å². The molecule has 12 heteroatoms. The summed E-state index contributed by atoms with van der Waals surface area (Å²) in [4.78, 5) is 39.5. The Bertz CT molecular complexity index is 1000. The number of carbonyl (C=O) groups is 3. The van der Waals surface area contributed by atoms with Crippen LogP contribution in [0, 0.1) is 6.92 Å². The Morgan fingerprint density at radius 3 is 2.26 bits per heavy atom. The number of hydrogen-bond donors (Lipinski definition) is 4. The summed E-state index contributed by atoms with van der Waals surface area (Å²) < 4.78 is 32.2. The van der Waals surface area contributed by atoms with Crippen LogP contribution in [0.25, 0.3) is 0 Å². The van der Waals surface area contributed by atoms with Crippen LogP contribution in [0.1, 0.15) is 64.9 Å². The Morgan fingerprint density at radius 1 is 1.09 bits per heavy atom. The molecule has 0 aliphatic rings. The summed E-state index contributed by atoms with van der Waals surface area (Å²) in [6.45, 7) is 7.05. The van der Waals surface area contributed by atoms with Crippen LogP contribution >= 0.6 is 0 Å². The molecule has 0 aliphatic heterocycles. The van der Waals surface area contributed by atoms with Gasteiger partial charge in [-0.15, -0.1) is 0 Å². The van der Waals surface area contributed by atoms with Crippen LogP contribution in [-0.4, -0.2) is 55.5 Å². The first-order valence-corrected chi connectivity index (χ1v) is 12.8. The number of nitrogens with two attached hydrogens (primary N) is 1. The normalized spacial score (nSPS) is 13.1. The summed E-state index contributed by atoms with van der Waals surface area (Å²) in [7, 11) is -3.87. The minimum Gasteiger partial charge on any atom is -0.481 e. The third-order valence-electron chi connectivity index (χ3n) is 4.65. The molecule has 35 heavy (non-hydrogen) atoms. The SMILES string of the molecule is Cc1ccc(S(=O)(=O)NC(N)=NCCCC(NC(=O)OC(C)(C)C)C(=O)CCCCC(=O)O)cc1. The van der Waals surface area contributed by atoms with E-state index in [1.165, 1.54) is 12.1 Å². The van der Waals surface area contributed by atoms with Crippen molar-refractivity contribution in [1.82, 2.24) is 10.0 Å². The molecule has 0 saturated heterocycles. The smallest absolute Gasteiger partial charge is 0.408 e. The molecule has 1 rings (SSSR count). The molecule has 5 N–H and O–H groups in total. The molecular formula is C23H36N4O7S. The van der Waals surface area contributed by atoms with Crippen LogP contribution in [0.5, 0.6) is 0 Å². The van der Waals surface area contributed by atoms with E-state index in [1.54, 1.807) is 32.9 Å². The molecule has 196 valence electrons. The number of nitrogens with one attached hydrogen (secondary N) is 2. The number of hydrogen-bond acceptors (Lipinski definition) is 7. The highest BCUT2D eigenvalue weighted by Gasteiger charge is 2.24. The van der Waals surface area contributed by atoms with Gasteiger partial charge in [0.05, 0.1) is 10.9 Å². The number of aliphatic carboxylic acids is 1. The van der Waals surface area contributed by atoms with Crippen LogP contribution < -0.4 is 15.8 Å². The number of carboxylic acid groups (broad SMARTS) is 1. The summed E-state index contributed by atoms with van der Waals surface area (Å²) in [6.07, 6.45) is 0.605. The lowest BCUT2D eigenvalue weighted by molar-refractivity contribution is -0.137. The molecule has 0 aliphatic carbocycles. The van der Waals surface area contributed by atoms with Crippen molar-refractivity contribution in [3.63, 3.8) is 0 Å². The maximum Gasteiger partial charge on any atom is 0.408 e. The number of amides is 1. The molecule has 1 amide bonds. The molecule has 0 radical (unpaired) electrons. The first kappa shape index (κ1) is 29.9. The number of aliphatic imine (C=N–C) groups is 1. The van der Waals surface area contributed by atoms with Crippen molar-refractivity contribution < 1.29 is 32.6 Å². The number of carbonyl (C=O) groups excluding carboxylic acids is 2.